The molecule has 1 rings (SSSR count). The molecule has 0 aromatic carbocycles. The fraction of sp³-hybridized carbons (Fsp3) is 0.667. The van der Waals surface area contributed by atoms with Crippen LogP contribution in [0.3, 0.4) is 0 Å². The van der Waals surface area contributed by atoms with Gasteiger partial charge in [0.25, 0.3) is 0 Å². The third kappa shape index (κ3) is 2.88. The Labute approximate surface area is 96.0 Å². The maximum Gasteiger partial charge on any atom is 0.150 e. The Morgan fingerprint density at radius 1 is 1.50 bits per heavy atom. The zero-order chi connectivity index (χ0) is 12.5. The summed E-state index contributed by atoms with van der Waals surface area (Å²) in [6.45, 7) is 2.23. The largest absolute Gasteiger partial charge is 0.394 e. The van der Waals surface area contributed by atoms with Crippen LogP contribution in [-0.4, -0.2) is 43.8 Å². The summed E-state index contributed by atoms with van der Waals surface area (Å²) in [5.41, 5.74) is 7.22. The van der Waals surface area contributed by atoms with Crippen molar-refractivity contribution in [3.63, 3.8) is 0 Å². The van der Waals surface area contributed by atoms with Crippen molar-refractivity contribution < 1.29 is 8.42 Å². The minimum absolute atomic E-state index is 0.104. The van der Waals surface area contributed by atoms with Gasteiger partial charge in [-0.3, -0.25) is 4.68 Å². The van der Waals surface area contributed by atoms with Crippen LogP contribution in [0.2, 0.25) is 0 Å². The van der Waals surface area contributed by atoms with Crippen LogP contribution in [0.5, 0.6) is 0 Å². The summed E-state index contributed by atoms with van der Waals surface area (Å²) in [6, 6.07) is 0. The second kappa shape index (κ2) is 4.32. The van der Waals surface area contributed by atoms with Crippen molar-refractivity contribution >= 4 is 21.3 Å². The first-order valence-electron chi connectivity index (χ1n) is 4.90. The average Bonchev–Trinajstić information content (AvgIpc) is 2.36. The van der Waals surface area contributed by atoms with Crippen LogP contribution < -0.4 is 10.6 Å². The fourth-order valence-electron chi connectivity index (χ4n) is 1.52. The van der Waals surface area contributed by atoms with Crippen LogP contribution in [0, 0.1) is 6.92 Å². The van der Waals surface area contributed by atoms with Crippen molar-refractivity contribution in [1.29, 1.82) is 0 Å². The van der Waals surface area contributed by atoms with Gasteiger partial charge in [-0.1, -0.05) is 0 Å². The van der Waals surface area contributed by atoms with E-state index in [0.717, 1.165) is 11.5 Å². The summed E-state index contributed by atoms with van der Waals surface area (Å²) in [7, 11) is 0.633. The van der Waals surface area contributed by atoms with Gasteiger partial charge in [0.15, 0.2) is 0 Å². The number of aromatic nitrogens is 2. The highest BCUT2D eigenvalue weighted by molar-refractivity contribution is 7.90. The Balaban J connectivity index is 2.85. The lowest BCUT2D eigenvalue weighted by Gasteiger charge is -2.19. The minimum atomic E-state index is -2.96. The molecule has 16 heavy (non-hydrogen) atoms. The lowest BCUT2D eigenvalue weighted by Crippen LogP contribution is -2.27. The highest BCUT2D eigenvalue weighted by atomic mass is 32.2. The number of nitrogen functional groups attached to an aromatic ring is 1. The summed E-state index contributed by atoms with van der Waals surface area (Å²) >= 11 is 0. The van der Waals surface area contributed by atoms with Crippen molar-refractivity contribution in [3.05, 3.63) is 5.69 Å². The average molecular weight is 246 g/mol. The van der Waals surface area contributed by atoms with Crippen molar-refractivity contribution in [1.82, 2.24) is 9.78 Å². The first-order valence-corrected chi connectivity index (χ1v) is 6.96. The van der Waals surface area contributed by atoms with Crippen LogP contribution >= 0.6 is 0 Å². The summed E-state index contributed by atoms with van der Waals surface area (Å²) in [5, 5.41) is 4.18. The van der Waals surface area contributed by atoms with Gasteiger partial charge >= 0.3 is 0 Å². The standard InChI is InChI=1S/C9H18N4O2S/c1-7-8(10)9(13(3)11-7)12(2)5-6-16(4,14)15/h5-6,10H2,1-4H3. The SMILES string of the molecule is Cc1nn(C)c(N(C)CCS(C)(=O)=O)c1N. The molecule has 0 unspecified atom stereocenters. The van der Waals surface area contributed by atoms with Gasteiger partial charge in [-0.2, -0.15) is 5.10 Å². The van der Waals surface area contributed by atoms with E-state index in [1.807, 2.05) is 6.92 Å². The zero-order valence-electron chi connectivity index (χ0n) is 10.1. The highest BCUT2D eigenvalue weighted by Crippen LogP contribution is 2.24. The van der Waals surface area contributed by atoms with E-state index in [9.17, 15) is 8.42 Å². The first-order chi connectivity index (χ1) is 7.22. The molecule has 0 radical (unpaired) electrons. The van der Waals surface area contributed by atoms with Gasteiger partial charge in [-0.25, -0.2) is 8.42 Å². The van der Waals surface area contributed by atoms with Crippen LogP contribution in [0.15, 0.2) is 0 Å². The van der Waals surface area contributed by atoms with Crippen molar-refractivity contribution in [2.75, 3.05) is 36.2 Å². The number of nitrogens with zero attached hydrogens (tertiary/aromatic N) is 3. The quantitative estimate of drug-likeness (QED) is 0.795. The number of sulfone groups is 1. The van der Waals surface area contributed by atoms with E-state index in [1.54, 1.807) is 23.7 Å². The first kappa shape index (κ1) is 12.8. The number of hydrogen-bond donors (Lipinski definition) is 1. The van der Waals surface area contributed by atoms with Gasteiger partial charge in [-0.15, -0.1) is 0 Å². The smallest absolute Gasteiger partial charge is 0.150 e. The Hall–Kier alpha value is -1.24. The minimum Gasteiger partial charge on any atom is -0.394 e. The number of hydrogen-bond acceptors (Lipinski definition) is 5. The Bertz CT molecular complexity index is 478. The molecule has 0 aliphatic heterocycles. The molecule has 0 aliphatic rings. The van der Waals surface area contributed by atoms with Gasteiger partial charge in [0.05, 0.1) is 17.1 Å². The lowest BCUT2D eigenvalue weighted by molar-refractivity contribution is 0.600. The Morgan fingerprint density at radius 2 is 2.06 bits per heavy atom. The summed E-state index contributed by atoms with van der Waals surface area (Å²) in [5.74, 6) is 0.855. The second-order valence-corrected chi connectivity index (χ2v) is 6.26. The normalized spacial score (nSPS) is 11.8. The lowest BCUT2D eigenvalue weighted by atomic mass is 10.3. The molecule has 1 aromatic heterocycles. The topological polar surface area (TPSA) is 81.2 Å². The summed E-state index contributed by atoms with van der Waals surface area (Å²) < 4.78 is 23.8. The third-order valence-electron chi connectivity index (χ3n) is 2.40. The van der Waals surface area contributed by atoms with E-state index in [4.69, 9.17) is 5.73 Å². The fourth-order valence-corrected chi connectivity index (χ4v) is 2.13. The molecule has 92 valence electrons. The molecule has 0 atom stereocenters. The van der Waals surface area contributed by atoms with Crippen LogP contribution in [0.25, 0.3) is 0 Å². The van der Waals surface area contributed by atoms with Gasteiger partial charge in [0.1, 0.15) is 15.7 Å². The van der Waals surface area contributed by atoms with E-state index in [0.29, 0.717) is 12.2 Å². The number of nitrogens with two attached hydrogens (primary N) is 1. The molecule has 0 saturated carbocycles. The molecular weight excluding hydrogens is 228 g/mol. The number of anilines is 2. The van der Waals surface area contributed by atoms with E-state index in [1.165, 1.54) is 6.26 Å². The summed E-state index contributed by atoms with van der Waals surface area (Å²) in [4.78, 5) is 1.80. The Kier molecular flexibility index (Phi) is 3.47. The predicted molar refractivity (Wildman–Crippen MR) is 65.3 cm³/mol. The maximum atomic E-state index is 11.1. The molecule has 1 aromatic rings. The highest BCUT2D eigenvalue weighted by Gasteiger charge is 2.15. The van der Waals surface area contributed by atoms with Gasteiger partial charge < -0.3 is 10.6 Å². The van der Waals surface area contributed by atoms with Gasteiger partial charge in [0, 0.05) is 26.9 Å². The van der Waals surface area contributed by atoms with Crippen molar-refractivity contribution in [2.24, 2.45) is 7.05 Å². The molecule has 0 spiro atoms. The molecule has 7 heteroatoms. The number of rotatable bonds is 4. The molecule has 0 saturated heterocycles. The molecule has 0 aliphatic carbocycles. The van der Waals surface area contributed by atoms with Crippen molar-refractivity contribution in [3.8, 4) is 0 Å². The maximum absolute atomic E-state index is 11.1. The van der Waals surface area contributed by atoms with E-state index < -0.39 is 9.84 Å². The Morgan fingerprint density at radius 3 is 2.44 bits per heavy atom. The van der Waals surface area contributed by atoms with E-state index >= 15 is 0 Å². The third-order valence-corrected chi connectivity index (χ3v) is 3.32. The van der Waals surface area contributed by atoms with Crippen LogP contribution in [0.4, 0.5) is 11.5 Å². The molecule has 2 N–H and O–H groups in total. The molecule has 6 nitrogen and oxygen atoms in total. The summed E-state index contributed by atoms with van der Waals surface area (Å²) in [6.07, 6.45) is 1.22. The van der Waals surface area contributed by atoms with Gasteiger partial charge in [-0.05, 0) is 6.92 Å². The molecule has 0 amide bonds. The molecule has 0 bridgehead atoms. The number of aryl methyl sites for hydroxylation is 2. The van der Waals surface area contributed by atoms with Crippen LogP contribution in [-0.2, 0) is 16.9 Å². The van der Waals surface area contributed by atoms with E-state index in [2.05, 4.69) is 5.10 Å². The second-order valence-electron chi connectivity index (χ2n) is 4.00. The molecule has 1 heterocycles. The predicted octanol–water partition coefficient (Wildman–Crippen LogP) is -0.208. The van der Waals surface area contributed by atoms with Crippen LogP contribution in [0.1, 0.15) is 5.69 Å². The van der Waals surface area contributed by atoms with Gasteiger partial charge in [0.2, 0.25) is 0 Å². The zero-order valence-corrected chi connectivity index (χ0v) is 10.9. The monoisotopic (exact) mass is 246 g/mol. The van der Waals surface area contributed by atoms with E-state index in [-0.39, 0.29) is 5.75 Å². The van der Waals surface area contributed by atoms with Crippen molar-refractivity contribution in [2.45, 2.75) is 6.92 Å². The molecule has 0 fully saturated rings. The molecular formula is C9H18N4O2S.